The molecule has 2 aliphatic heterocycles. The Kier molecular flexibility index (Phi) is 9.68. The Hall–Kier alpha value is -3.43. The van der Waals surface area contributed by atoms with E-state index in [-0.39, 0.29) is 43.2 Å². The Morgan fingerprint density at radius 3 is 2.70 bits per heavy atom. The van der Waals surface area contributed by atoms with Gasteiger partial charge in [0.05, 0.1) is 13.2 Å². The van der Waals surface area contributed by atoms with Crippen LogP contribution >= 0.6 is 7.37 Å². The van der Waals surface area contributed by atoms with Crippen molar-refractivity contribution < 1.29 is 33.3 Å². The second-order valence-electron chi connectivity index (χ2n) is 14.1. The molecule has 2 aromatic rings. The monoisotopic (exact) mass is 666 g/mol. The molecule has 11 nitrogen and oxygen atoms in total. The number of hydrogen-bond donors (Lipinski definition) is 3. The number of alkyl carbamates (subject to hydrolysis) is 1. The molecule has 3 unspecified atom stereocenters. The zero-order valence-corrected chi connectivity index (χ0v) is 28.3. The summed E-state index contributed by atoms with van der Waals surface area (Å²) in [5, 5.41) is 6.27. The van der Waals surface area contributed by atoms with Crippen LogP contribution in [0.5, 0.6) is 5.88 Å². The van der Waals surface area contributed by atoms with Crippen LogP contribution < -0.4 is 15.4 Å². The fourth-order valence-corrected chi connectivity index (χ4v) is 9.27. The summed E-state index contributed by atoms with van der Waals surface area (Å²) in [6.45, 7) is 7.39. The number of ether oxygens (including phenoxy) is 2. The van der Waals surface area contributed by atoms with E-state index in [2.05, 4.69) is 34.3 Å². The minimum Gasteiger partial charge on any atom is -0.472 e. The van der Waals surface area contributed by atoms with Crippen molar-refractivity contribution in [1.29, 1.82) is 0 Å². The van der Waals surface area contributed by atoms with Crippen LogP contribution in [0.2, 0.25) is 0 Å². The lowest BCUT2D eigenvalue weighted by Gasteiger charge is -2.35. The van der Waals surface area contributed by atoms with Crippen LogP contribution in [0.25, 0.3) is 10.8 Å². The van der Waals surface area contributed by atoms with Gasteiger partial charge in [0.15, 0.2) is 0 Å². The van der Waals surface area contributed by atoms with Crippen molar-refractivity contribution in [1.82, 2.24) is 20.5 Å². The third-order valence-corrected chi connectivity index (χ3v) is 12.7. The standard InChI is InChI=1S/C35H47N4O7P/c1-4-26-19-35(26,47(3,43)44)38-31(40)29-18-27-20-39(29)33(41)30(25-11-6-5-7-12-25)37-34(42)45-21-22(2)9-8-10-23-13-14-24-15-16-36-32(46-27)28(24)17-23/h4,13-17,22,25-27,29-30H,1,5-12,18-21H2,2-3H3,(H,37,42)(H,38,40)(H,43,44)/t22-,26?,27+,29-,30-,35?/m0/s1. The first-order valence-corrected chi connectivity index (χ1v) is 19.1. The number of nitrogens with one attached hydrogen (secondary N) is 2. The van der Waals surface area contributed by atoms with Gasteiger partial charge in [0.25, 0.3) is 0 Å². The fourth-order valence-electron chi connectivity index (χ4n) is 7.70. The number of aromatic nitrogens is 1. The maximum Gasteiger partial charge on any atom is 0.407 e. The normalized spacial score (nSPS) is 31.9. The van der Waals surface area contributed by atoms with Gasteiger partial charge < -0.3 is 29.9 Å². The molecule has 2 aliphatic carbocycles. The molecule has 4 bridgehead atoms. The van der Waals surface area contributed by atoms with Gasteiger partial charge >= 0.3 is 6.09 Å². The van der Waals surface area contributed by atoms with Crippen molar-refractivity contribution in [2.75, 3.05) is 19.8 Å². The van der Waals surface area contributed by atoms with E-state index in [1.54, 1.807) is 12.3 Å². The number of hydrogen-bond acceptors (Lipinski definition) is 7. The zero-order chi connectivity index (χ0) is 33.3. The van der Waals surface area contributed by atoms with E-state index in [4.69, 9.17) is 9.47 Å². The largest absolute Gasteiger partial charge is 0.472 e. The molecule has 3 amide bonds. The smallest absolute Gasteiger partial charge is 0.407 e. The summed E-state index contributed by atoms with van der Waals surface area (Å²) in [5.41, 5.74) is 1.14. The number of rotatable bonds is 5. The first-order valence-electron chi connectivity index (χ1n) is 17.0. The number of aryl methyl sites for hydroxylation is 1. The topological polar surface area (TPSA) is 147 Å². The van der Waals surface area contributed by atoms with Crippen molar-refractivity contribution in [3.05, 3.63) is 48.7 Å². The third kappa shape index (κ3) is 7.07. The van der Waals surface area contributed by atoms with Crippen LogP contribution in [-0.4, -0.2) is 76.0 Å². The van der Waals surface area contributed by atoms with Gasteiger partial charge in [0, 0.05) is 30.6 Å². The van der Waals surface area contributed by atoms with Gasteiger partial charge in [-0.15, -0.1) is 6.58 Å². The van der Waals surface area contributed by atoms with Crippen LogP contribution in [0.15, 0.2) is 43.1 Å². The maximum absolute atomic E-state index is 14.5. The van der Waals surface area contributed by atoms with Gasteiger partial charge in [-0.2, -0.15) is 0 Å². The van der Waals surface area contributed by atoms with Crippen LogP contribution in [0.1, 0.15) is 70.3 Å². The molecule has 1 saturated heterocycles. The predicted molar refractivity (Wildman–Crippen MR) is 178 cm³/mol. The molecule has 7 atom stereocenters. The second kappa shape index (κ2) is 13.6. The highest BCUT2D eigenvalue weighted by molar-refractivity contribution is 7.59. The van der Waals surface area contributed by atoms with E-state index in [0.29, 0.717) is 12.3 Å². The van der Waals surface area contributed by atoms with Crippen molar-refractivity contribution in [2.24, 2.45) is 17.8 Å². The fraction of sp³-hybridized carbons (Fsp3) is 0.600. The Morgan fingerprint density at radius 1 is 1.19 bits per heavy atom. The molecule has 3 heterocycles. The average molecular weight is 667 g/mol. The number of pyridine rings is 1. The zero-order valence-electron chi connectivity index (χ0n) is 27.4. The number of nitrogens with zero attached hydrogens (tertiary/aromatic N) is 2. The number of carbonyl (C=O) groups excluding carboxylic acids is 3. The summed E-state index contributed by atoms with van der Waals surface area (Å²) in [6, 6.07) is 6.29. The second-order valence-corrected chi connectivity index (χ2v) is 16.7. The molecular weight excluding hydrogens is 619 g/mol. The lowest BCUT2D eigenvalue weighted by molar-refractivity contribution is -0.141. The van der Waals surface area contributed by atoms with Crippen molar-refractivity contribution in [3.63, 3.8) is 0 Å². The summed E-state index contributed by atoms with van der Waals surface area (Å²) >= 11 is 0. The molecular formula is C35H47N4O7P. The summed E-state index contributed by atoms with van der Waals surface area (Å²) < 4.78 is 25.1. The van der Waals surface area contributed by atoms with Gasteiger partial charge in [-0.05, 0) is 73.4 Å². The van der Waals surface area contributed by atoms with Crippen molar-refractivity contribution >= 4 is 36.0 Å². The Balaban J connectivity index is 1.36. The van der Waals surface area contributed by atoms with Crippen molar-refractivity contribution in [3.8, 4) is 5.88 Å². The van der Waals surface area contributed by atoms with E-state index in [1.165, 1.54) is 11.6 Å². The molecule has 47 heavy (non-hydrogen) atoms. The molecule has 0 spiro atoms. The Labute approximate surface area is 276 Å². The highest BCUT2D eigenvalue weighted by Crippen LogP contribution is 2.67. The molecule has 254 valence electrons. The molecule has 3 N–H and O–H groups in total. The molecule has 0 radical (unpaired) electrons. The number of benzene rings is 1. The van der Waals surface area contributed by atoms with Crippen LogP contribution in [0.3, 0.4) is 0 Å². The minimum absolute atomic E-state index is 0.0897. The first kappa shape index (κ1) is 33.5. The maximum atomic E-state index is 14.5. The van der Waals surface area contributed by atoms with Crippen molar-refractivity contribution in [2.45, 2.75) is 94.6 Å². The molecule has 4 aliphatic rings. The minimum atomic E-state index is -3.77. The third-order valence-electron chi connectivity index (χ3n) is 10.6. The summed E-state index contributed by atoms with van der Waals surface area (Å²) in [7, 11) is -3.77. The molecule has 1 aromatic carbocycles. The summed E-state index contributed by atoms with van der Waals surface area (Å²) in [6.07, 6.45) is 9.63. The van der Waals surface area contributed by atoms with E-state index >= 15 is 0 Å². The van der Waals surface area contributed by atoms with Crippen LogP contribution in [0, 0.1) is 17.8 Å². The van der Waals surface area contributed by atoms with Crippen LogP contribution in [-0.2, 0) is 25.3 Å². The number of fused-ring (bicyclic) bond motifs is 3. The van der Waals surface area contributed by atoms with E-state index in [1.807, 2.05) is 19.1 Å². The number of amides is 3. The van der Waals surface area contributed by atoms with E-state index in [0.717, 1.165) is 67.7 Å². The Morgan fingerprint density at radius 2 is 1.98 bits per heavy atom. The predicted octanol–water partition coefficient (Wildman–Crippen LogP) is 5.15. The van der Waals surface area contributed by atoms with Gasteiger partial charge in [-0.1, -0.05) is 44.4 Å². The Bertz CT molecular complexity index is 1570. The van der Waals surface area contributed by atoms with Gasteiger partial charge in [-0.3, -0.25) is 14.2 Å². The molecule has 3 fully saturated rings. The lowest BCUT2D eigenvalue weighted by Crippen LogP contribution is -2.57. The molecule has 12 heteroatoms. The van der Waals surface area contributed by atoms with Gasteiger partial charge in [-0.25, -0.2) is 9.78 Å². The van der Waals surface area contributed by atoms with Gasteiger partial charge in [0.1, 0.15) is 23.5 Å². The average Bonchev–Trinajstić information content (AvgIpc) is 3.63. The molecule has 6 rings (SSSR count). The molecule has 1 aromatic heterocycles. The molecule has 2 saturated carbocycles. The SMILES string of the molecule is C=CC1CC1(NC(=O)[C@@H]1C[C@@H]2CN1C(=O)[C@H](C1CCCCC1)NC(=O)OC[C@@H](C)CCCc1ccc3ccnc(c3c1)O2)P(C)(=O)O. The van der Waals surface area contributed by atoms with E-state index in [9.17, 15) is 23.8 Å². The summed E-state index contributed by atoms with van der Waals surface area (Å²) in [4.78, 5) is 58.4. The number of carbonyl (C=O) groups is 3. The first-order chi connectivity index (χ1) is 22.5. The van der Waals surface area contributed by atoms with E-state index < -0.39 is 42.8 Å². The highest BCUT2D eigenvalue weighted by atomic mass is 31.2. The quantitative estimate of drug-likeness (QED) is 0.293. The lowest BCUT2D eigenvalue weighted by atomic mass is 9.83. The highest BCUT2D eigenvalue weighted by Gasteiger charge is 2.64. The van der Waals surface area contributed by atoms with Crippen LogP contribution in [0.4, 0.5) is 4.79 Å². The number of cyclic esters (lactones) is 1. The van der Waals surface area contributed by atoms with Gasteiger partial charge in [0.2, 0.25) is 25.1 Å². The summed E-state index contributed by atoms with van der Waals surface area (Å²) in [5.74, 6) is -0.801.